The molecule has 0 aliphatic carbocycles. The second kappa shape index (κ2) is 10.9. The monoisotopic (exact) mass is 456 g/mol. The molecule has 0 unspecified atom stereocenters. The highest BCUT2D eigenvalue weighted by molar-refractivity contribution is 5.98. The van der Waals surface area contributed by atoms with E-state index in [-0.39, 0.29) is 23.3 Å². The smallest absolute Gasteiger partial charge is 0.272 e. The number of carbonyl (C=O) groups excluding carboxylic acids is 2. The van der Waals surface area contributed by atoms with Crippen molar-refractivity contribution in [3.63, 3.8) is 0 Å². The van der Waals surface area contributed by atoms with Crippen LogP contribution in [0, 0.1) is 5.82 Å². The van der Waals surface area contributed by atoms with Crippen LogP contribution in [-0.4, -0.2) is 88.7 Å². The van der Waals surface area contributed by atoms with E-state index in [9.17, 15) is 14.0 Å². The summed E-state index contributed by atoms with van der Waals surface area (Å²) >= 11 is 0. The van der Waals surface area contributed by atoms with E-state index in [1.807, 2.05) is 0 Å². The van der Waals surface area contributed by atoms with Crippen LogP contribution in [-0.2, 0) is 13.1 Å². The zero-order valence-corrected chi connectivity index (χ0v) is 19.3. The minimum Gasteiger partial charge on any atom is -0.351 e. The third kappa shape index (κ3) is 5.97. The molecule has 0 radical (unpaired) electrons. The molecule has 33 heavy (non-hydrogen) atoms. The van der Waals surface area contributed by atoms with Crippen molar-refractivity contribution in [2.75, 3.05) is 52.4 Å². The number of nitrogens with one attached hydrogen (secondary N) is 1. The first-order valence-electron chi connectivity index (χ1n) is 11.9. The summed E-state index contributed by atoms with van der Waals surface area (Å²) < 4.78 is 14.8. The van der Waals surface area contributed by atoms with Crippen LogP contribution in [0.15, 0.2) is 30.3 Å². The molecule has 3 heterocycles. The zero-order chi connectivity index (χ0) is 23.2. The van der Waals surface area contributed by atoms with Gasteiger partial charge in [0.2, 0.25) is 0 Å². The number of halogens is 1. The fourth-order valence-electron chi connectivity index (χ4n) is 4.43. The Bertz CT molecular complexity index is 952. The van der Waals surface area contributed by atoms with Gasteiger partial charge >= 0.3 is 0 Å². The predicted molar refractivity (Wildman–Crippen MR) is 123 cm³/mol. The standard InChI is InChI=1S/C24H33FN6O2/c1-2-28-13-15-29(16-14-28)10-3-9-26-23(32)21-17-22-24(33)30(11-4-12-31(22)27-21)18-19-5-7-20(25)8-6-19/h5-8,17H,2-4,9-16,18H2,1H3,(H,26,32). The van der Waals surface area contributed by atoms with Crippen molar-refractivity contribution in [3.05, 3.63) is 53.1 Å². The van der Waals surface area contributed by atoms with Crippen molar-refractivity contribution in [3.8, 4) is 0 Å². The van der Waals surface area contributed by atoms with Gasteiger partial charge in [0.1, 0.15) is 11.5 Å². The second-order valence-corrected chi connectivity index (χ2v) is 8.73. The van der Waals surface area contributed by atoms with Gasteiger partial charge in [0.15, 0.2) is 5.69 Å². The van der Waals surface area contributed by atoms with Gasteiger partial charge in [-0.2, -0.15) is 5.10 Å². The molecule has 2 aliphatic rings. The number of hydrogen-bond donors (Lipinski definition) is 1. The summed E-state index contributed by atoms with van der Waals surface area (Å²) in [6, 6.07) is 7.76. The van der Waals surface area contributed by atoms with E-state index >= 15 is 0 Å². The van der Waals surface area contributed by atoms with Crippen molar-refractivity contribution in [1.29, 1.82) is 0 Å². The first-order chi connectivity index (χ1) is 16.0. The number of likely N-dealkylation sites (N-methyl/N-ethyl adjacent to an activating group) is 1. The molecule has 0 bridgehead atoms. The Hall–Kier alpha value is -2.78. The number of benzene rings is 1. The summed E-state index contributed by atoms with van der Waals surface area (Å²) in [5, 5.41) is 7.33. The molecule has 1 N–H and O–H groups in total. The molecule has 178 valence electrons. The second-order valence-electron chi connectivity index (χ2n) is 8.73. The fourth-order valence-corrected chi connectivity index (χ4v) is 4.43. The molecule has 2 amide bonds. The van der Waals surface area contributed by atoms with Gasteiger partial charge < -0.3 is 20.0 Å². The molecule has 4 rings (SSSR count). The van der Waals surface area contributed by atoms with Crippen LogP contribution in [0.25, 0.3) is 0 Å². The molecule has 0 saturated carbocycles. The number of aromatic nitrogens is 2. The van der Waals surface area contributed by atoms with Crippen molar-refractivity contribution in [2.24, 2.45) is 0 Å². The van der Waals surface area contributed by atoms with Crippen LogP contribution in [0.4, 0.5) is 4.39 Å². The summed E-state index contributed by atoms with van der Waals surface area (Å²) in [6.07, 6.45) is 1.63. The van der Waals surface area contributed by atoms with E-state index in [2.05, 4.69) is 27.1 Å². The van der Waals surface area contributed by atoms with Gasteiger partial charge in [-0.1, -0.05) is 19.1 Å². The van der Waals surface area contributed by atoms with Gasteiger partial charge in [0.05, 0.1) is 0 Å². The van der Waals surface area contributed by atoms with Crippen molar-refractivity contribution >= 4 is 11.8 Å². The Labute approximate surface area is 194 Å². The lowest BCUT2D eigenvalue weighted by Crippen LogP contribution is -2.46. The Morgan fingerprint density at radius 2 is 1.79 bits per heavy atom. The van der Waals surface area contributed by atoms with Gasteiger partial charge in [-0.25, -0.2) is 4.39 Å². The van der Waals surface area contributed by atoms with E-state index in [4.69, 9.17) is 0 Å². The minimum absolute atomic E-state index is 0.158. The van der Waals surface area contributed by atoms with Crippen molar-refractivity contribution in [2.45, 2.75) is 32.9 Å². The lowest BCUT2D eigenvalue weighted by molar-refractivity contribution is 0.0745. The predicted octanol–water partition coefficient (Wildman–Crippen LogP) is 1.83. The summed E-state index contributed by atoms with van der Waals surface area (Å²) in [6.45, 7) is 10.8. The van der Waals surface area contributed by atoms with E-state index in [1.54, 1.807) is 27.8 Å². The van der Waals surface area contributed by atoms with E-state index in [0.717, 1.165) is 57.7 Å². The van der Waals surface area contributed by atoms with Gasteiger partial charge in [-0.15, -0.1) is 0 Å². The summed E-state index contributed by atoms with van der Waals surface area (Å²) in [7, 11) is 0. The molecule has 0 atom stereocenters. The highest BCUT2D eigenvalue weighted by atomic mass is 19.1. The average Bonchev–Trinajstić information content (AvgIpc) is 3.21. The Kier molecular flexibility index (Phi) is 7.72. The molecular formula is C24H33FN6O2. The molecule has 2 aromatic rings. The van der Waals surface area contributed by atoms with Gasteiger partial charge in [-0.05, 0) is 43.6 Å². The third-order valence-electron chi connectivity index (χ3n) is 6.45. The average molecular weight is 457 g/mol. The van der Waals surface area contributed by atoms with Crippen LogP contribution in [0.2, 0.25) is 0 Å². The lowest BCUT2D eigenvalue weighted by atomic mass is 10.2. The molecule has 0 spiro atoms. The first kappa shape index (κ1) is 23.4. The number of amides is 2. The molecule has 1 aromatic heterocycles. The van der Waals surface area contributed by atoms with Gasteiger partial charge in [0.25, 0.3) is 11.8 Å². The molecular weight excluding hydrogens is 423 g/mol. The number of aryl methyl sites for hydroxylation is 1. The number of rotatable bonds is 8. The maximum Gasteiger partial charge on any atom is 0.272 e. The van der Waals surface area contributed by atoms with E-state index in [0.29, 0.717) is 31.9 Å². The largest absolute Gasteiger partial charge is 0.351 e. The topological polar surface area (TPSA) is 73.7 Å². The highest BCUT2D eigenvalue weighted by Gasteiger charge is 2.26. The fraction of sp³-hybridized carbons (Fsp3) is 0.542. The summed E-state index contributed by atoms with van der Waals surface area (Å²) in [5.41, 5.74) is 1.57. The number of fused-ring (bicyclic) bond motifs is 1. The SMILES string of the molecule is CCN1CCN(CCCNC(=O)c2cc3n(n2)CCCN(Cc2ccc(F)cc2)C3=O)CC1. The summed E-state index contributed by atoms with van der Waals surface area (Å²) in [5.74, 6) is -0.701. The number of carbonyl (C=O) groups is 2. The van der Waals surface area contributed by atoms with Crippen LogP contribution in [0.5, 0.6) is 0 Å². The Morgan fingerprint density at radius 3 is 2.52 bits per heavy atom. The van der Waals surface area contributed by atoms with Crippen LogP contribution in [0.3, 0.4) is 0 Å². The molecule has 2 aliphatic heterocycles. The van der Waals surface area contributed by atoms with Crippen LogP contribution in [0.1, 0.15) is 46.3 Å². The molecule has 1 saturated heterocycles. The van der Waals surface area contributed by atoms with E-state index in [1.165, 1.54) is 12.1 Å². The maximum absolute atomic E-state index is 13.2. The molecule has 1 aromatic carbocycles. The van der Waals surface area contributed by atoms with Gasteiger partial charge in [0, 0.05) is 58.4 Å². The quantitative estimate of drug-likeness (QED) is 0.614. The Balaban J connectivity index is 1.29. The van der Waals surface area contributed by atoms with E-state index < -0.39 is 0 Å². The first-order valence-corrected chi connectivity index (χ1v) is 11.9. The third-order valence-corrected chi connectivity index (χ3v) is 6.45. The Morgan fingerprint density at radius 1 is 1.06 bits per heavy atom. The summed E-state index contributed by atoms with van der Waals surface area (Å²) in [4.78, 5) is 32.3. The normalized spacial score (nSPS) is 17.6. The van der Waals surface area contributed by atoms with Crippen LogP contribution >= 0.6 is 0 Å². The zero-order valence-electron chi connectivity index (χ0n) is 19.3. The molecule has 9 heteroatoms. The van der Waals surface area contributed by atoms with Crippen molar-refractivity contribution in [1.82, 2.24) is 29.8 Å². The highest BCUT2D eigenvalue weighted by Crippen LogP contribution is 2.17. The van der Waals surface area contributed by atoms with Crippen LogP contribution < -0.4 is 5.32 Å². The van der Waals surface area contributed by atoms with Crippen molar-refractivity contribution < 1.29 is 14.0 Å². The number of hydrogen-bond acceptors (Lipinski definition) is 5. The molecule has 8 nitrogen and oxygen atoms in total. The number of piperazine rings is 1. The molecule has 1 fully saturated rings. The van der Waals surface area contributed by atoms with Gasteiger partial charge in [-0.3, -0.25) is 14.3 Å². The minimum atomic E-state index is -0.297. The maximum atomic E-state index is 13.2. The number of nitrogens with zero attached hydrogens (tertiary/aromatic N) is 5. The lowest BCUT2D eigenvalue weighted by Gasteiger charge is -2.33.